The quantitative estimate of drug-likeness (QED) is 0.353. The molecule has 0 saturated heterocycles. The van der Waals surface area contributed by atoms with Gasteiger partial charge in [0.2, 0.25) is 11.7 Å². The number of benzene rings is 2. The Morgan fingerprint density at radius 2 is 1.50 bits per heavy atom. The van der Waals surface area contributed by atoms with Gasteiger partial charge in [0.25, 0.3) is 0 Å². The second kappa shape index (κ2) is 10.9. The number of Topliss-reactive ketones (excluding diaryl/α,β-unsaturated/α-hetero) is 1. The number of carbonyl (C=O) groups is 4. The van der Waals surface area contributed by atoms with Crippen LogP contribution in [0.15, 0.2) is 66.7 Å². The summed E-state index contributed by atoms with van der Waals surface area (Å²) in [6.45, 7) is 1.37. The van der Waals surface area contributed by atoms with Crippen LogP contribution < -0.4 is 16.0 Å². The van der Waals surface area contributed by atoms with Gasteiger partial charge in [-0.05, 0) is 48.5 Å². The number of ketones is 1. The van der Waals surface area contributed by atoms with E-state index in [1.54, 1.807) is 36.4 Å². The molecule has 0 saturated carbocycles. The largest absolute Gasteiger partial charge is 0.454 e. The van der Waals surface area contributed by atoms with Gasteiger partial charge in [-0.15, -0.1) is 11.3 Å². The van der Waals surface area contributed by atoms with Crippen LogP contribution in [0.2, 0.25) is 0 Å². The molecule has 1 aromatic heterocycles. The second-order valence-corrected chi connectivity index (χ2v) is 7.87. The molecule has 32 heavy (non-hydrogen) atoms. The molecule has 0 spiro atoms. The van der Waals surface area contributed by atoms with Crippen LogP contribution in [0.4, 0.5) is 16.2 Å². The van der Waals surface area contributed by atoms with Crippen molar-refractivity contribution in [2.24, 2.45) is 0 Å². The monoisotopic (exact) mass is 451 g/mol. The van der Waals surface area contributed by atoms with Crippen molar-refractivity contribution in [3.8, 4) is 0 Å². The van der Waals surface area contributed by atoms with Crippen LogP contribution >= 0.6 is 11.3 Å². The van der Waals surface area contributed by atoms with Crippen LogP contribution in [0.1, 0.15) is 31.8 Å². The van der Waals surface area contributed by atoms with Crippen LogP contribution in [0.25, 0.3) is 0 Å². The van der Waals surface area contributed by atoms with Gasteiger partial charge < -0.3 is 20.7 Å². The topological polar surface area (TPSA) is 114 Å². The second-order valence-electron chi connectivity index (χ2n) is 6.70. The van der Waals surface area contributed by atoms with Crippen molar-refractivity contribution in [1.29, 1.82) is 0 Å². The molecule has 3 rings (SSSR count). The van der Waals surface area contributed by atoms with Crippen molar-refractivity contribution < 1.29 is 23.9 Å². The number of anilines is 2. The third-order valence-corrected chi connectivity index (χ3v) is 5.32. The molecule has 0 unspecified atom stereocenters. The van der Waals surface area contributed by atoms with Crippen molar-refractivity contribution in [1.82, 2.24) is 5.32 Å². The first kappa shape index (κ1) is 22.7. The zero-order valence-electron chi connectivity index (χ0n) is 17.2. The molecule has 1 heterocycles. The van der Waals surface area contributed by atoms with E-state index < -0.39 is 18.6 Å². The van der Waals surface area contributed by atoms with Crippen LogP contribution in [0, 0.1) is 0 Å². The first-order chi connectivity index (χ1) is 15.4. The lowest BCUT2D eigenvalue weighted by Gasteiger charge is -2.08. The summed E-state index contributed by atoms with van der Waals surface area (Å²) in [7, 11) is 0. The number of esters is 1. The minimum absolute atomic E-state index is 0.154. The summed E-state index contributed by atoms with van der Waals surface area (Å²) >= 11 is 1.24. The predicted octanol–water partition coefficient (Wildman–Crippen LogP) is 4.07. The molecule has 8 nitrogen and oxygen atoms in total. The lowest BCUT2D eigenvalue weighted by Crippen LogP contribution is -2.19. The number of amides is 3. The Labute approximate surface area is 188 Å². The van der Waals surface area contributed by atoms with Crippen molar-refractivity contribution in [3.63, 3.8) is 0 Å². The third-order valence-electron chi connectivity index (χ3n) is 4.19. The maximum absolute atomic E-state index is 12.2. The number of urea groups is 1. The SMILES string of the molecule is CC(=O)NCc1ccc(C(=O)COC(=O)c2ccc(NC(=O)Nc3ccccc3)cc2)s1. The lowest BCUT2D eigenvalue weighted by atomic mass is 10.2. The lowest BCUT2D eigenvalue weighted by molar-refractivity contribution is -0.119. The molecule has 0 radical (unpaired) electrons. The Kier molecular flexibility index (Phi) is 7.71. The Morgan fingerprint density at radius 3 is 2.16 bits per heavy atom. The molecule has 0 atom stereocenters. The summed E-state index contributed by atoms with van der Waals surface area (Å²) in [6.07, 6.45) is 0. The summed E-state index contributed by atoms with van der Waals surface area (Å²) in [5, 5.41) is 8.02. The van der Waals surface area contributed by atoms with Gasteiger partial charge in [-0.1, -0.05) is 18.2 Å². The molecule has 0 fully saturated rings. The average Bonchev–Trinajstić information content (AvgIpc) is 3.26. The molecule has 2 aromatic carbocycles. The highest BCUT2D eigenvalue weighted by molar-refractivity contribution is 7.14. The molecule has 164 valence electrons. The van der Waals surface area contributed by atoms with Gasteiger partial charge in [-0.2, -0.15) is 0 Å². The van der Waals surface area contributed by atoms with E-state index in [0.29, 0.717) is 22.8 Å². The summed E-state index contributed by atoms with van der Waals surface area (Å²) in [4.78, 5) is 48.7. The summed E-state index contributed by atoms with van der Waals surface area (Å²) in [6, 6.07) is 18.1. The number of hydrogen-bond acceptors (Lipinski definition) is 6. The molecule has 3 amide bonds. The molecular weight excluding hydrogens is 430 g/mol. The molecule has 3 aromatic rings. The number of nitrogens with one attached hydrogen (secondary N) is 3. The zero-order valence-corrected chi connectivity index (χ0v) is 18.0. The standard InChI is InChI=1S/C23H21N3O5S/c1-15(27)24-13-19-11-12-21(32-19)20(28)14-31-22(29)16-7-9-18(10-8-16)26-23(30)25-17-5-3-2-4-6-17/h2-12H,13-14H2,1H3,(H,24,27)(H2,25,26,30). The zero-order chi connectivity index (χ0) is 22.9. The minimum Gasteiger partial charge on any atom is -0.454 e. The van der Waals surface area contributed by atoms with Crippen LogP contribution in [0.3, 0.4) is 0 Å². The van der Waals surface area contributed by atoms with Crippen molar-refractivity contribution in [2.45, 2.75) is 13.5 Å². The van der Waals surface area contributed by atoms with Gasteiger partial charge in [0, 0.05) is 23.2 Å². The van der Waals surface area contributed by atoms with Crippen molar-refractivity contribution in [3.05, 3.63) is 82.0 Å². The first-order valence-corrected chi connectivity index (χ1v) is 10.5. The molecule has 0 bridgehead atoms. The van der Waals surface area contributed by atoms with E-state index in [1.807, 2.05) is 18.2 Å². The molecule has 9 heteroatoms. The highest BCUT2D eigenvalue weighted by atomic mass is 32.1. The average molecular weight is 452 g/mol. The molecular formula is C23H21N3O5S. The van der Waals surface area contributed by atoms with Crippen LogP contribution in [0.5, 0.6) is 0 Å². The third kappa shape index (κ3) is 6.78. The highest BCUT2D eigenvalue weighted by Gasteiger charge is 2.14. The van der Waals surface area contributed by atoms with Gasteiger partial charge in [0.15, 0.2) is 6.61 Å². The van der Waals surface area contributed by atoms with Gasteiger partial charge in [0.05, 0.1) is 17.0 Å². The Morgan fingerprint density at radius 1 is 0.844 bits per heavy atom. The van der Waals surface area contributed by atoms with Crippen LogP contribution in [-0.2, 0) is 16.1 Å². The minimum atomic E-state index is -0.645. The highest BCUT2D eigenvalue weighted by Crippen LogP contribution is 2.18. The summed E-state index contributed by atoms with van der Waals surface area (Å²) < 4.78 is 5.10. The fraction of sp³-hybridized carbons (Fsp3) is 0.130. The van der Waals surface area contributed by atoms with Gasteiger partial charge in [-0.3, -0.25) is 9.59 Å². The van der Waals surface area contributed by atoms with Crippen molar-refractivity contribution in [2.75, 3.05) is 17.2 Å². The van der Waals surface area contributed by atoms with E-state index in [1.165, 1.54) is 30.4 Å². The van der Waals surface area contributed by atoms with E-state index >= 15 is 0 Å². The van der Waals surface area contributed by atoms with Crippen molar-refractivity contribution >= 4 is 46.4 Å². The number of thiophene rings is 1. The maximum atomic E-state index is 12.2. The van der Waals surface area contributed by atoms with Gasteiger partial charge in [-0.25, -0.2) is 9.59 Å². The summed E-state index contributed by atoms with van der Waals surface area (Å²) in [5.74, 6) is -1.12. The predicted molar refractivity (Wildman–Crippen MR) is 122 cm³/mol. The van der Waals surface area contributed by atoms with Gasteiger partial charge >= 0.3 is 12.0 Å². The first-order valence-electron chi connectivity index (χ1n) is 9.67. The molecule has 0 aliphatic heterocycles. The van der Waals surface area contributed by atoms with E-state index in [-0.39, 0.29) is 17.3 Å². The fourth-order valence-corrected chi connectivity index (χ4v) is 3.50. The summed E-state index contributed by atoms with van der Waals surface area (Å²) in [5.41, 5.74) is 1.41. The van der Waals surface area contributed by atoms with E-state index in [9.17, 15) is 19.2 Å². The normalized spacial score (nSPS) is 10.2. The van der Waals surface area contributed by atoms with E-state index in [2.05, 4.69) is 16.0 Å². The van der Waals surface area contributed by atoms with Crippen LogP contribution in [-0.4, -0.2) is 30.3 Å². The number of para-hydroxylation sites is 1. The Bertz CT molecular complexity index is 1110. The Balaban J connectivity index is 1.47. The number of carbonyl (C=O) groups excluding carboxylic acids is 4. The fourth-order valence-electron chi connectivity index (χ4n) is 2.62. The Hall–Kier alpha value is -3.98. The van der Waals surface area contributed by atoms with E-state index in [4.69, 9.17) is 4.74 Å². The molecule has 3 N–H and O–H groups in total. The molecule has 0 aliphatic rings. The number of hydrogen-bond donors (Lipinski definition) is 3. The van der Waals surface area contributed by atoms with Gasteiger partial charge in [0.1, 0.15) is 0 Å². The number of rotatable bonds is 8. The van der Waals surface area contributed by atoms with E-state index in [0.717, 1.165) is 4.88 Å². The smallest absolute Gasteiger partial charge is 0.338 e. The number of ether oxygens (including phenoxy) is 1. The molecule has 0 aliphatic carbocycles. The maximum Gasteiger partial charge on any atom is 0.338 e.